The minimum atomic E-state index is -3.10. The molecule has 2 aromatic carbocycles. The van der Waals surface area contributed by atoms with E-state index in [0.717, 1.165) is 49.0 Å². The van der Waals surface area contributed by atoms with Crippen molar-refractivity contribution in [2.24, 2.45) is 0 Å². The highest BCUT2D eigenvalue weighted by Gasteiger charge is 2.43. The van der Waals surface area contributed by atoms with Gasteiger partial charge in [0.2, 0.25) is 5.91 Å². The van der Waals surface area contributed by atoms with Gasteiger partial charge in [-0.1, -0.05) is 61.7 Å². The third kappa shape index (κ3) is 5.48. The molecule has 4 rings (SSSR count). The molecule has 1 saturated heterocycles. The van der Waals surface area contributed by atoms with Crippen LogP contribution in [-0.4, -0.2) is 42.8 Å². The number of nitrogens with zero attached hydrogens (tertiary/aromatic N) is 1. The Morgan fingerprint density at radius 3 is 2.35 bits per heavy atom. The summed E-state index contributed by atoms with van der Waals surface area (Å²) in [5.74, 6) is 0.821. The van der Waals surface area contributed by atoms with E-state index < -0.39 is 9.84 Å². The van der Waals surface area contributed by atoms with Crippen LogP contribution in [0, 0.1) is 0 Å². The Bertz CT molecular complexity index is 978. The molecule has 1 saturated carbocycles. The molecule has 0 spiro atoms. The summed E-state index contributed by atoms with van der Waals surface area (Å²) in [4.78, 5) is 14.2. The van der Waals surface area contributed by atoms with Gasteiger partial charge in [0.15, 0.2) is 9.84 Å². The Kier molecular flexibility index (Phi) is 6.96. The maximum atomic E-state index is 12.8. The maximum absolute atomic E-state index is 12.8. The van der Waals surface area contributed by atoms with Crippen LogP contribution in [0.15, 0.2) is 54.6 Å². The lowest BCUT2D eigenvalue weighted by atomic mass is 10.0. The predicted octanol–water partition coefficient (Wildman–Crippen LogP) is 4.16. The van der Waals surface area contributed by atoms with Gasteiger partial charge in [0.1, 0.15) is 12.4 Å². The van der Waals surface area contributed by atoms with Gasteiger partial charge in [0.25, 0.3) is 0 Å². The van der Waals surface area contributed by atoms with E-state index in [9.17, 15) is 13.2 Å². The Morgan fingerprint density at radius 1 is 0.903 bits per heavy atom. The lowest BCUT2D eigenvalue weighted by Crippen LogP contribution is -2.58. The smallest absolute Gasteiger partial charge is 0.222 e. The van der Waals surface area contributed by atoms with Crippen molar-refractivity contribution in [3.05, 3.63) is 65.7 Å². The number of carbonyl (C=O) groups excluding carboxylic acids is 1. The molecule has 0 N–H and O–H groups in total. The number of amides is 1. The molecule has 2 aliphatic rings. The van der Waals surface area contributed by atoms with Crippen molar-refractivity contribution in [3.63, 3.8) is 0 Å². The first-order valence-corrected chi connectivity index (χ1v) is 12.9. The topological polar surface area (TPSA) is 63.7 Å². The third-order valence-electron chi connectivity index (χ3n) is 6.46. The molecule has 0 atom stereocenters. The standard InChI is InChI=1S/C25H31NO4S/c27-25(26-17-24(18-26)31(28,29)23-12-5-2-6-13-23)15-14-20-10-7-11-22(16-20)30-19-21-8-3-1-4-9-21/h1,3-4,7-11,16,23-24H,2,5-6,12-15,17-19H2. The predicted molar refractivity (Wildman–Crippen MR) is 122 cm³/mol. The average molecular weight is 442 g/mol. The van der Waals surface area contributed by atoms with Gasteiger partial charge >= 0.3 is 0 Å². The zero-order valence-corrected chi connectivity index (χ0v) is 18.7. The van der Waals surface area contributed by atoms with Crippen LogP contribution in [0.5, 0.6) is 5.75 Å². The SMILES string of the molecule is O=C(CCc1cccc(OCc2ccccc2)c1)N1CC(S(=O)(=O)C2CCCCC2)C1. The van der Waals surface area contributed by atoms with Gasteiger partial charge in [0, 0.05) is 19.5 Å². The lowest BCUT2D eigenvalue weighted by molar-refractivity contribution is -0.134. The van der Waals surface area contributed by atoms with Crippen LogP contribution in [0.1, 0.15) is 49.7 Å². The van der Waals surface area contributed by atoms with Crippen molar-refractivity contribution in [2.75, 3.05) is 13.1 Å². The van der Waals surface area contributed by atoms with E-state index in [4.69, 9.17) is 4.74 Å². The zero-order chi connectivity index (χ0) is 21.7. The van der Waals surface area contributed by atoms with E-state index in [2.05, 4.69) is 0 Å². The van der Waals surface area contributed by atoms with Gasteiger partial charge in [-0.3, -0.25) is 4.79 Å². The van der Waals surface area contributed by atoms with E-state index in [1.54, 1.807) is 4.90 Å². The quantitative estimate of drug-likeness (QED) is 0.617. The minimum Gasteiger partial charge on any atom is -0.489 e. The van der Waals surface area contributed by atoms with Crippen molar-refractivity contribution >= 4 is 15.7 Å². The van der Waals surface area contributed by atoms with Gasteiger partial charge in [-0.2, -0.15) is 0 Å². The van der Waals surface area contributed by atoms with Gasteiger partial charge in [-0.05, 0) is 42.5 Å². The van der Waals surface area contributed by atoms with Crippen molar-refractivity contribution in [3.8, 4) is 5.75 Å². The van der Waals surface area contributed by atoms with E-state index in [1.807, 2.05) is 54.6 Å². The number of hydrogen-bond acceptors (Lipinski definition) is 4. The van der Waals surface area contributed by atoms with E-state index in [1.165, 1.54) is 0 Å². The largest absolute Gasteiger partial charge is 0.489 e. The van der Waals surface area contributed by atoms with Gasteiger partial charge in [0.05, 0.1) is 10.5 Å². The van der Waals surface area contributed by atoms with Crippen LogP contribution in [-0.2, 0) is 27.7 Å². The van der Waals surface area contributed by atoms with Crippen molar-refractivity contribution in [1.29, 1.82) is 0 Å². The number of benzene rings is 2. The second-order valence-corrected chi connectivity index (χ2v) is 11.2. The molecule has 0 radical (unpaired) electrons. The van der Waals surface area contributed by atoms with Crippen LogP contribution in [0.2, 0.25) is 0 Å². The fraction of sp³-hybridized carbons (Fsp3) is 0.480. The molecule has 5 nitrogen and oxygen atoms in total. The molecule has 0 bridgehead atoms. The Morgan fingerprint density at radius 2 is 1.61 bits per heavy atom. The molecular weight excluding hydrogens is 410 g/mol. The molecule has 0 unspecified atom stereocenters. The second kappa shape index (κ2) is 9.86. The number of hydrogen-bond donors (Lipinski definition) is 0. The Balaban J connectivity index is 1.23. The summed E-state index contributed by atoms with van der Waals surface area (Å²) in [7, 11) is -3.10. The van der Waals surface area contributed by atoms with E-state index in [0.29, 0.717) is 32.5 Å². The van der Waals surface area contributed by atoms with Crippen LogP contribution >= 0.6 is 0 Å². The number of carbonyl (C=O) groups is 1. The van der Waals surface area contributed by atoms with Crippen LogP contribution in [0.25, 0.3) is 0 Å². The zero-order valence-electron chi connectivity index (χ0n) is 17.9. The summed E-state index contributed by atoms with van der Waals surface area (Å²) in [5, 5.41) is -0.559. The van der Waals surface area contributed by atoms with E-state index in [-0.39, 0.29) is 16.4 Å². The summed E-state index contributed by atoms with van der Waals surface area (Å²) < 4.78 is 31.4. The number of likely N-dealkylation sites (tertiary alicyclic amines) is 1. The summed E-state index contributed by atoms with van der Waals surface area (Å²) >= 11 is 0. The third-order valence-corrected chi connectivity index (χ3v) is 9.08. The Hall–Kier alpha value is -2.34. The molecule has 0 aromatic heterocycles. The molecule has 1 amide bonds. The number of sulfone groups is 1. The molecule has 31 heavy (non-hydrogen) atoms. The molecule has 1 heterocycles. The van der Waals surface area contributed by atoms with Crippen molar-refractivity contribution in [1.82, 2.24) is 4.90 Å². The fourth-order valence-corrected chi connectivity index (χ4v) is 6.77. The molecule has 6 heteroatoms. The molecule has 166 valence electrons. The Labute approximate surface area is 185 Å². The average Bonchev–Trinajstić information content (AvgIpc) is 2.77. The molecular formula is C25H31NO4S. The lowest BCUT2D eigenvalue weighted by Gasteiger charge is -2.41. The van der Waals surface area contributed by atoms with Crippen molar-refractivity contribution in [2.45, 2.75) is 62.1 Å². The normalized spacial score (nSPS) is 17.9. The first-order valence-electron chi connectivity index (χ1n) is 11.3. The fourth-order valence-electron chi connectivity index (χ4n) is 4.46. The number of aryl methyl sites for hydroxylation is 1. The molecule has 1 aliphatic heterocycles. The second-order valence-electron chi connectivity index (χ2n) is 8.69. The van der Waals surface area contributed by atoms with Crippen LogP contribution in [0.3, 0.4) is 0 Å². The first kappa shape index (κ1) is 21.9. The van der Waals surface area contributed by atoms with Gasteiger partial charge < -0.3 is 9.64 Å². The highest BCUT2D eigenvalue weighted by Crippen LogP contribution is 2.30. The molecule has 2 aromatic rings. The number of rotatable bonds is 8. The molecule has 1 aliphatic carbocycles. The maximum Gasteiger partial charge on any atom is 0.222 e. The highest BCUT2D eigenvalue weighted by molar-refractivity contribution is 7.92. The van der Waals surface area contributed by atoms with Gasteiger partial charge in [-0.25, -0.2) is 8.42 Å². The summed E-state index contributed by atoms with van der Waals surface area (Å²) in [6.07, 6.45) is 5.74. The van der Waals surface area contributed by atoms with Gasteiger partial charge in [-0.15, -0.1) is 0 Å². The van der Waals surface area contributed by atoms with Crippen molar-refractivity contribution < 1.29 is 17.9 Å². The highest BCUT2D eigenvalue weighted by atomic mass is 32.2. The summed E-state index contributed by atoms with van der Waals surface area (Å²) in [5.41, 5.74) is 2.16. The minimum absolute atomic E-state index is 0.0331. The van der Waals surface area contributed by atoms with Crippen LogP contribution in [0.4, 0.5) is 0 Å². The monoisotopic (exact) mass is 441 g/mol. The summed E-state index contributed by atoms with van der Waals surface area (Å²) in [6, 6.07) is 17.8. The number of ether oxygens (including phenoxy) is 1. The first-order chi connectivity index (χ1) is 15.0. The van der Waals surface area contributed by atoms with Crippen LogP contribution < -0.4 is 4.74 Å². The van der Waals surface area contributed by atoms with E-state index >= 15 is 0 Å². The molecule has 2 fully saturated rings. The summed E-state index contributed by atoms with van der Waals surface area (Å²) in [6.45, 7) is 1.23.